The quantitative estimate of drug-likeness (QED) is 0.269. The van der Waals surface area contributed by atoms with Crippen molar-refractivity contribution in [3.63, 3.8) is 0 Å². The number of anilines is 1. The Morgan fingerprint density at radius 2 is 1.67 bits per heavy atom. The second kappa shape index (κ2) is 11.5. The average Bonchev–Trinajstić information content (AvgIpc) is 3.21. The monoisotopic (exact) mass is 485 g/mol. The molecular weight excluding hydrogens is 454 g/mol. The lowest BCUT2D eigenvalue weighted by molar-refractivity contribution is 0.102. The standard InChI is InChI=1S/C28H31N5O3/c1-5-6-7-16-35-24-12-8-22(9-13-24)28(34)32-23-10-14-25(15-11-23)36-27-17-26(30-21(4)31-27)33-18-29-19(2)20(33)3/h8-15,17-18H,5-7,16H2,1-4H3,(H,32,34). The third-order valence-corrected chi connectivity index (χ3v) is 5.77. The Balaban J connectivity index is 1.37. The van der Waals surface area contributed by atoms with Crippen molar-refractivity contribution in [3.8, 4) is 23.2 Å². The van der Waals surface area contributed by atoms with Crippen LogP contribution in [0, 0.1) is 20.8 Å². The smallest absolute Gasteiger partial charge is 0.255 e. The molecule has 2 aromatic heterocycles. The molecule has 0 radical (unpaired) electrons. The number of benzene rings is 2. The second-order valence-corrected chi connectivity index (χ2v) is 8.56. The summed E-state index contributed by atoms with van der Waals surface area (Å²) in [6.45, 7) is 8.61. The van der Waals surface area contributed by atoms with Crippen LogP contribution in [0.2, 0.25) is 0 Å². The fraction of sp³-hybridized carbons (Fsp3) is 0.286. The van der Waals surface area contributed by atoms with E-state index in [-0.39, 0.29) is 5.91 Å². The third kappa shape index (κ3) is 6.27. The number of amides is 1. The van der Waals surface area contributed by atoms with E-state index in [1.165, 1.54) is 0 Å². The molecule has 0 fully saturated rings. The van der Waals surface area contributed by atoms with Gasteiger partial charge >= 0.3 is 0 Å². The molecule has 0 unspecified atom stereocenters. The van der Waals surface area contributed by atoms with Crippen molar-refractivity contribution in [2.75, 3.05) is 11.9 Å². The highest BCUT2D eigenvalue weighted by Gasteiger charge is 2.11. The van der Waals surface area contributed by atoms with Crippen LogP contribution in [0.1, 0.15) is 53.8 Å². The van der Waals surface area contributed by atoms with Crippen molar-refractivity contribution in [2.45, 2.75) is 47.0 Å². The van der Waals surface area contributed by atoms with Crippen molar-refractivity contribution in [2.24, 2.45) is 0 Å². The number of ether oxygens (including phenoxy) is 2. The molecule has 8 nitrogen and oxygen atoms in total. The predicted molar refractivity (Wildman–Crippen MR) is 139 cm³/mol. The van der Waals surface area contributed by atoms with Gasteiger partial charge in [-0.2, -0.15) is 4.98 Å². The Kier molecular flexibility index (Phi) is 7.95. The number of hydrogen-bond donors (Lipinski definition) is 1. The van der Waals surface area contributed by atoms with Gasteiger partial charge in [-0.3, -0.25) is 9.36 Å². The normalized spacial score (nSPS) is 10.8. The first-order chi connectivity index (χ1) is 17.4. The van der Waals surface area contributed by atoms with E-state index < -0.39 is 0 Å². The van der Waals surface area contributed by atoms with Gasteiger partial charge in [-0.05, 0) is 75.7 Å². The van der Waals surface area contributed by atoms with E-state index in [1.54, 1.807) is 48.8 Å². The van der Waals surface area contributed by atoms with Crippen LogP contribution in [-0.2, 0) is 0 Å². The van der Waals surface area contributed by atoms with Gasteiger partial charge in [0.2, 0.25) is 5.88 Å². The molecule has 186 valence electrons. The van der Waals surface area contributed by atoms with Gasteiger partial charge in [0.05, 0.1) is 12.3 Å². The topological polar surface area (TPSA) is 91.2 Å². The molecular formula is C28H31N5O3. The van der Waals surface area contributed by atoms with Gasteiger partial charge in [0.1, 0.15) is 29.5 Å². The van der Waals surface area contributed by atoms with Crippen LogP contribution in [0.4, 0.5) is 5.69 Å². The van der Waals surface area contributed by atoms with E-state index in [2.05, 4.69) is 27.2 Å². The van der Waals surface area contributed by atoms with Gasteiger partial charge in [0, 0.05) is 23.0 Å². The van der Waals surface area contributed by atoms with E-state index in [0.29, 0.717) is 41.1 Å². The number of carbonyl (C=O) groups is 1. The van der Waals surface area contributed by atoms with Crippen LogP contribution < -0.4 is 14.8 Å². The number of unbranched alkanes of at least 4 members (excludes halogenated alkanes) is 2. The minimum absolute atomic E-state index is 0.191. The zero-order valence-corrected chi connectivity index (χ0v) is 21.1. The molecule has 0 saturated carbocycles. The summed E-state index contributed by atoms with van der Waals surface area (Å²) in [5.74, 6) is 2.89. The molecule has 0 spiro atoms. The minimum Gasteiger partial charge on any atom is -0.494 e. The third-order valence-electron chi connectivity index (χ3n) is 5.77. The van der Waals surface area contributed by atoms with E-state index in [9.17, 15) is 4.79 Å². The summed E-state index contributed by atoms with van der Waals surface area (Å²) in [6.07, 6.45) is 5.07. The van der Waals surface area contributed by atoms with E-state index in [4.69, 9.17) is 9.47 Å². The SMILES string of the molecule is CCCCCOc1ccc(C(=O)Nc2ccc(Oc3cc(-n4cnc(C)c4C)nc(C)n3)cc2)cc1. The van der Waals surface area contributed by atoms with E-state index in [1.807, 2.05) is 37.5 Å². The molecule has 0 saturated heterocycles. The Labute approximate surface area is 211 Å². The number of imidazole rings is 1. The van der Waals surface area contributed by atoms with Crippen LogP contribution in [-0.4, -0.2) is 32.0 Å². The maximum atomic E-state index is 12.6. The number of hydrogen-bond acceptors (Lipinski definition) is 6. The number of aryl methyl sites for hydroxylation is 2. The van der Waals surface area contributed by atoms with Gasteiger partial charge in [0.15, 0.2) is 0 Å². The molecule has 4 aromatic rings. The summed E-state index contributed by atoms with van der Waals surface area (Å²) >= 11 is 0. The lowest BCUT2D eigenvalue weighted by Gasteiger charge is -2.11. The number of aromatic nitrogens is 4. The average molecular weight is 486 g/mol. The molecule has 8 heteroatoms. The lowest BCUT2D eigenvalue weighted by atomic mass is 10.2. The van der Waals surface area contributed by atoms with Crippen LogP contribution in [0.25, 0.3) is 5.82 Å². The van der Waals surface area contributed by atoms with Crippen LogP contribution >= 0.6 is 0 Å². The van der Waals surface area contributed by atoms with E-state index >= 15 is 0 Å². The minimum atomic E-state index is -0.191. The molecule has 4 rings (SSSR count). The first-order valence-corrected chi connectivity index (χ1v) is 12.1. The van der Waals surface area contributed by atoms with Gasteiger partial charge < -0.3 is 14.8 Å². The Bertz CT molecular complexity index is 1310. The van der Waals surface area contributed by atoms with Gasteiger partial charge in [-0.1, -0.05) is 19.8 Å². The largest absolute Gasteiger partial charge is 0.494 e. The molecule has 0 aliphatic carbocycles. The number of rotatable bonds is 10. The Morgan fingerprint density at radius 1 is 0.944 bits per heavy atom. The first-order valence-electron chi connectivity index (χ1n) is 12.1. The second-order valence-electron chi connectivity index (χ2n) is 8.56. The van der Waals surface area contributed by atoms with Gasteiger partial charge in [-0.15, -0.1) is 0 Å². The summed E-state index contributed by atoms with van der Waals surface area (Å²) in [4.78, 5) is 25.9. The maximum Gasteiger partial charge on any atom is 0.255 e. The molecule has 1 N–H and O–H groups in total. The van der Waals surface area contributed by atoms with Crippen molar-refractivity contribution < 1.29 is 14.3 Å². The van der Waals surface area contributed by atoms with Crippen LogP contribution in [0.3, 0.4) is 0 Å². The van der Waals surface area contributed by atoms with Gasteiger partial charge in [0.25, 0.3) is 5.91 Å². The number of nitrogens with zero attached hydrogens (tertiary/aromatic N) is 4. The fourth-order valence-electron chi connectivity index (χ4n) is 3.61. The molecule has 0 atom stereocenters. The lowest BCUT2D eigenvalue weighted by Crippen LogP contribution is -2.11. The van der Waals surface area contributed by atoms with E-state index in [0.717, 1.165) is 36.4 Å². The number of carbonyl (C=O) groups excluding carboxylic acids is 1. The Morgan fingerprint density at radius 3 is 2.33 bits per heavy atom. The number of nitrogens with one attached hydrogen (secondary N) is 1. The summed E-state index contributed by atoms with van der Waals surface area (Å²) < 4.78 is 13.6. The van der Waals surface area contributed by atoms with Crippen molar-refractivity contribution >= 4 is 11.6 Å². The Hall–Kier alpha value is -4.20. The molecule has 0 aliphatic rings. The van der Waals surface area contributed by atoms with Gasteiger partial charge in [-0.25, -0.2) is 9.97 Å². The highest BCUT2D eigenvalue weighted by Crippen LogP contribution is 2.24. The van der Waals surface area contributed by atoms with Crippen molar-refractivity contribution in [1.29, 1.82) is 0 Å². The molecule has 0 bridgehead atoms. The summed E-state index contributed by atoms with van der Waals surface area (Å²) in [5, 5.41) is 2.91. The molecule has 0 aliphatic heterocycles. The summed E-state index contributed by atoms with van der Waals surface area (Å²) in [6, 6.07) is 16.1. The summed E-state index contributed by atoms with van der Waals surface area (Å²) in [5.41, 5.74) is 3.17. The predicted octanol–water partition coefficient (Wildman–Crippen LogP) is 6.20. The molecule has 2 heterocycles. The van der Waals surface area contributed by atoms with Crippen molar-refractivity contribution in [3.05, 3.63) is 83.7 Å². The molecule has 2 aromatic carbocycles. The molecule has 36 heavy (non-hydrogen) atoms. The fourth-order valence-corrected chi connectivity index (χ4v) is 3.61. The first kappa shape index (κ1) is 24.9. The van der Waals surface area contributed by atoms with Crippen LogP contribution in [0.5, 0.6) is 17.4 Å². The van der Waals surface area contributed by atoms with Crippen LogP contribution in [0.15, 0.2) is 60.9 Å². The maximum absolute atomic E-state index is 12.6. The highest BCUT2D eigenvalue weighted by molar-refractivity contribution is 6.04. The highest BCUT2D eigenvalue weighted by atomic mass is 16.5. The zero-order valence-electron chi connectivity index (χ0n) is 21.1. The summed E-state index contributed by atoms with van der Waals surface area (Å²) in [7, 11) is 0. The molecule has 1 amide bonds. The van der Waals surface area contributed by atoms with Crippen molar-refractivity contribution in [1.82, 2.24) is 19.5 Å². The zero-order chi connectivity index (χ0) is 25.5.